The third-order valence-corrected chi connectivity index (χ3v) is 3.71. The minimum absolute atomic E-state index is 0.0508. The number of carboxylic acids is 1. The Bertz CT molecular complexity index is 615. The largest absolute Gasteiger partial charge is 0.481 e. The van der Waals surface area contributed by atoms with Gasteiger partial charge in [-0.15, -0.1) is 10.2 Å². The maximum Gasteiger partial charge on any atom is 0.313 e. The molecule has 2 aromatic rings. The Morgan fingerprint density at radius 2 is 2.25 bits per heavy atom. The van der Waals surface area contributed by atoms with E-state index in [4.69, 9.17) is 16.7 Å². The van der Waals surface area contributed by atoms with Gasteiger partial charge >= 0.3 is 5.97 Å². The molecule has 0 amide bonds. The lowest BCUT2D eigenvalue weighted by Crippen LogP contribution is -2.05. The van der Waals surface area contributed by atoms with E-state index in [1.807, 2.05) is 22.8 Å². The van der Waals surface area contributed by atoms with Crippen molar-refractivity contribution in [2.45, 2.75) is 24.9 Å². The average molecular weight is 312 g/mol. The fourth-order valence-corrected chi connectivity index (χ4v) is 2.66. The number of halogens is 1. The van der Waals surface area contributed by atoms with E-state index in [-0.39, 0.29) is 5.75 Å². The van der Waals surface area contributed by atoms with Crippen LogP contribution in [0.1, 0.15) is 19.2 Å². The van der Waals surface area contributed by atoms with Crippen LogP contribution < -0.4 is 0 Å². The standard InChI is InChI=1S/C13H14ClN3O2S/c1-2-4-11-15-16-13(20-8-12(18)19)17(11)10-6-3-5-9(14)7-10/h3,5-7H,2,4,8H2,1H3,(H,18,19). The van der Waals surface area contributed by atoms with E-state index in [0.717, 1.165) is 36.1 Å². The summed E-state index contributed by atoms with van der Waals surface area (Å²) in [5.74, 6) is -0.125. The first-order valence-corrected chi connectivity index (χ1v) is 7.53. The summed E-state index contributed by atoms with van der Waals surface area (Å²) in [5.41, 5.74) is 0.846. The quantitative estimate of drug-likeness (QED) is 0.830. The van der Waals surface area contributed by atoms with Crippen LogP contribution in [0.15, 0.2) is 29.4 Å². The number of rotatable bonds is 6. The van der Waals surface area contributed by atoms with Crippen molar-refractivity contribution in [1.82, 2.24) is 14.8 Å². The molecular weight excluding hydrogens is 298 g/mol. The van der Waals surface area contributed by atoms with Crippen LogP contribution in [0.2, 0.25) is 5.02 Å². The van der Waals surface area contributed by atoms with Crippen molar-refractivity contribution >= 4 is 29.3 Å². The van der Waals surface area contributed by atoms with Gasteiger partial charge in [-0.3, -0.25) is 9.36 Å². The van der Waals surface area contributed by atoms with Crippen molar-refractivity contribution in [3.63, 3.8) is 0 Å². The number of hydrogen-bond donors (Lipinski definition) is 1. The van der Waals surface area contributed by atoms with Crippen LogP contribution in [-0.2, 0) is 11.2 Å². The number of carboxylic acid groups (broad SMARTS) is 1. The maximum atomic E-state index is 10.7. The van der Waals surface area contributed by atoms with Gasteiger partial charge in [-0.25, -0.2) is 0 Å². The topological polar surface area (TPSA) is 68.0 Å². The van der Waals surface area contributed by atoms with Gasteiger partial charge in [-0.1, -0.05) is 36.4 Å². The molecule has 1 heterocycles. The molecule has 0 saturated heterocycles. The molecule has 0 bridgehead atoms. The van der Waals surface area contributed by atoms with Crippen molar-refractivity contribution in [3.8, 4) is 5.69 Å². The van der Waals surface area contributed by atoms with Crippen LogP contribution in [-0.4, -0.2) is 31.6 Å². The van der Waals surface area contributed by atoms with Gasteiger partial charge < -0.3 is 5.11 Å². The number of aliphatic carboxylic acids is 1. The molecule has 0 aliphatic heterocycles. The zero-order valence-electron chi connectivity index (χ0n) is 10.9. The SMILES string of the molecule is CCCc1nnc(SCC(=O)O)n1-c1cccc(Cl)c1. The fraction of sp³-hybridized carbons (Fsp3) is 0.308. The van der Waals surface area contributed by atoms with Gasteiger partial charge in [0.15, 0.2) is 5.16 Å². The van der Waals surface area contributed by atoms with E-state index in [1.165, 1.54) is 0 Å². The van der Waals surface area contributed by atoms with Crippen molar-refractivity contribution < 1.29 is 9.90 Å². The molecule has 0 atom stereocenters. The molecule has 106 valence electrons. The van der Waals surface area contributed by atoms with Crippen LogP contribution in [0.4, 0.5) is 0 Å². The number of nitrogens with zero attached hydrogens (tertiary/aromatic N) is 3. The molecule has 2 rings (SSSR count). The van der Waals surface area contributed by atoms with Crippen LogP contribution in [0.3, 0.4) is 0 Å². The highest BCUT2D eigenvalue weighted by Crippen LogP contribution is 2.24. The summed E-state index contributed by atoms with van der Waals surface area (Å²) in [6.45, 7) is 2.06. The first kappa shape index (κ1) is 14.9. The zero-order chi connectivity index (χ0) is 14.5. The molecule has 0 saturated carbocycles. The van der Waals surface area contributed by atoms with Crippen molar-refractivity contribution in [2.75, 3.05) is 5.75 Å². The second kappa shape index (κ2) is 6.76. The fourth-order valence-electron chi connectivity index (χ4n) is 1.78. The highest BCUT2D eigenvalue weighted by molar-refractivity contribution is 7.99. The third-order valence-electron chi connectivity index (χ3n) is 2.57. The molecule has 1 aromatic heterocycles. The lowest BCUT2D eigenvalue weighted by Gasteiger charge is -2.09. The summed E-state index contributed by atoms with van der Waals surface area (Å²) in [6.07, 6.45) is 1.70. The summed E-state index contributed by atoms with van der Waals surface area (Å²) < 4.78 is 1.86. The van der Waals surface area contributed by atoms with Gasteiger partial charge in [0.25, 0.3) is 0 Å². The van der Waals surface area contributed by atoms with Crippen LogP contribution in [0.25, 0.3) is 5.69 Å². The molecule has 0 aliphatic carbocycles. The van der Waals surface area contributed by atoms with Crippen LogP contribution in [0.5, 0.6) is 0 Å². The Labute approximate surface area is 126 Å². The van der Waals surface area contributed by atoms with Gasteiger partial charge in [0.1, 0.15) is 5.82 Å². The molecule has 20 heavy (non-hydrogen) atoms. The average Bonchev–Trinajstić information content (AvgIpc) is 2.80. The Balaban J connectivity index is 2.41. The summed E-state index contributed by atoms with van der Waals surface area (Å²) in [6, 6.07) is 7.35. The monoisotopic (exact) mass is 311 g/mol. The van der Waals surface area contributed by atoms with Crippen molar-refractivity contribution in [1.29, 1.82) is 0 Å². The van der Waals surface area contributed by atoms with E-state index in [2.05, 4.69) is 17.1 Å². The Morgan fingerprint density at radius 3 is 2.90 bits per heavy atom. The third kappa shape index (κ3) is 3.52. The lowest BCUT2D eigenvalue weighted by atomic mass is 10.3. The van der Waals surface area contributed by atoms with E-state index < -0.39 is 5.97 Å². The van der Waals surface area contributed by atoms with Gasteiger partial charge in [-0.2, -0.15) is 0 Å². The number of carbonyl (C=O) groups is 1. The molecule has 7 heteroatoms. The van der Waals surface area contributed by atoms with E-state index in [1.54, 1.807) is 6.07 Å². The second-order valence-corrected chi connectivity index (χ2v) is 5.53. The highest BCUT2D eigenvalue weighted by Gasteiger charge is 2.15. The molecule has 1 aromatic carbocycles. The summed E-state index contributed by atoms with van der Waals surface area (Å²) in [4.78, 5) is 10.7. The minimum Gasteiger partial charge on any atom is -0.481 e. The number of benzene rings is 1. The normalized spacial score (nSPS) is 10.7. The summed E-state index contributed by atoms with van der Waals surface area (Å²) >= 11 is 7.17. The zero-order valence-corrected chi connectivity index (χ0v) is 12.5. The lowest BCUT2D eigenvalue weighted by molar-refractivity contribution is -0.133. The number of aryl methyl sites for hydroxylation is 1. The highest BCUT2D eigenvalue weighted by atomic mass is 35.5. The van der Waals surface area contributed by atoms with Gasteiger partial charge in [0.05, 0.1) is 11.4 Å². The Hall–Kier alpha value is -1.53. The summed E-state index contributed by atoms with van der Waals surface area (Å²) in [7, 11) is 0. The van der Waals surface area contributed by atoms with E-state index >= 15 is 0 Å². The molecule has 0 fully saturated rings. The maximum absolute atomic E-state index is 10.7. The first-order valence-electron chi connectivity index (χ1n) is 6.16. The summed E-state index contributed by atoms with van der Waals surface area (Å²) in [5, 5.41) is 18.2. The minimum atomic E-state index is -0.882. The van der Waals surface area contributed by atoms with Crippen LogP contribution >= 0.6 is 23.4 Å². The molecule has 0 spiro atoms. The molecule has 0 aliphatic rings. The number of thioether (sulfide) groups is 1. The number of aromatic nitrogens is 3. The number of hydrogen-bond acceptors (Lipinski definition) is 4. The molecule has 5 nitrogen and oxygen atoms in total. The van der Waals surface area contributed by atoms with E-state index in [9.17, 15) is 4.79 Å². The smallest absolute Gasteiger partial charge is 0.313 e. The molecular formula is C13H14ClN3O2S. The first-order chi connectivity index (χ1) is 9.61. The van der Waals surface area contributed by atoms with Gasteiger partial charge in [0.2, 0.25) is 0 Å². The van der Waals surface area contributed by atoms with Gasteiger partial charge in [-0.05, 0) is 24.6 Å². The van der Waals surface area contributed by atoms with Crippen molar-refractivity contribution in [3.05, 3.63) is 35.1 Å². The predicted molar refractivity (Wildman–Crippen MR) is 78.7 cm³/mol. The van der Waals surface area contributed by atoms with Gasteiger partial charge in [0, 0.05) is 11.4 Å². The van der Waals surface area contributed by atoms with E-state index in [0.29, 0.717) is 10.2 Å². The van der Waals surface area contributed by atoms with Crippen LogP contribution in [0, 0.1) is 0 Å². The predicted octanol–water partition coefficient (Wildman–Crippen LogP) is 3.05. The molecule has 0 unspecified atom stereocenters. The van der Waals surface area contributed by atoms with Crippen molar-refractivity contribution in [2.24, 2.45) is 0 Å². The second-order valence-electron chi connectivity index (χ2n) is 4.15. The Kier molecular flexibility index (Phi) is 5.03. The molecule has 0 radical (unpaired) electrons. The Morgan fingerprint density at radius 1 is 1.45 bits per heavy atom. The molecule has 1 N–H and O–H groups in total.